The number of nitriles is 1. The second kappa shape index (κ2) is 8.21. The van der Waals surface area contributed by atoms with E-state index in [1.165, 1.54) is 0 Å². The number of rotatable bonds is 7. The van der Waals surface area contributed by atoms with Crippen LogP contribution >= 0.6 is 0 Å². The minimum Gasteiger partial charge on any atom is -0.384 e. The molecule has 0 aromatic heterocycles. The molecule has 1 unspecified atom stereocenters. The predicted molar refractivity (Wildman–Crippen MR) is 81.6 cm³/mol. The zero-order valence-corrected chi connectivity index (χ0v) is 12.5. The molecule has 0 aliphatic carbocycles. The van der Waals surface area contributed by atoms with E-state index in [-0.39, 0.29) is 11.8 Å². The van der Waals surface area contributed by atoms with Gasteiger partial charge in [0.05, 0.1) is 17.6 Å². The average molecular weight is 273 g/mol. The molecule has 0 fully saturated rings. The summed E-state index contributed by atoms with van der Waals surface area (Å²) >= 11 is 0. The van der Waals surface area contributed by atoms with Crippen molar-refractivity contribution in [2.24, 2.45) is 5.92 Å². The van der Waals surface area contributed by atoms with Crippen molar-refractivity contribution in [3.8, 4) is 6.07 Å². The van der Waals surface area contributed by atoms with Gasteiger partial charge in [-0.1, -0.05) is 19.1 Å². The molecule has 1 amide bonds. The van der Waals surface area contributed by atoms with Crippen molar-refractivity contribution in [2.45, 2.75) is 27.2 Å². The largest absolute Gasteiger partial charge is 0.384 e. The molecule has 1 atom stereocenters. The second-order valence-corrected chi connectivity index (χ2v) is 4.85. The van der Waals surface area contributed by atoms with Crippen molar-refractivity contribution in [1.82, 2.24) is 4.90 Å². The topological polar surface area (TPSA) is 56.1 Å². The van der Waals surface area contributed by atoms with E-state index in [2.05, 4.69) is 18.3 Å². The van der Waals surface area contributed by atoms with Gasteiger partial charge in [0.2, 0.25) is 0 Å². The van der Waals surface area contributed by atoms with Crippen LogP contribution in [0.5, 0.6) is 0 Å². The Morgan fingerprint density at radius 2 is 2.10 bits per heavy atom. The minimum absolute atomic E-state index is 0.0196. The highest BCUT2D eigenvalue weighted by atomic mass is 16.2. The maximum absolute atomic E-state index is 12.6. The molecule has 0 bridgehead atoms. The molecule has 0 spiro atoms. The zero-order valence-electron chi connectivity index (χ0n) is 12.5. The monoisotopic (exact) mass is 273 g/mol. The van der Waals surface area contributed by atoms with Crippen LogP contribution in [0.4, 0.5) is 5.69 Å². The first-order valence-corrected chi connectivity index (χ1v) is 7.15. The smallest absolute Gasteiger partial charge is 0.255 e. The van der Waals surface area contributed by atoms with Crippen LogP contribution in [-0.4, -0.2) is 30.4 Å². The van der Waals surface area contributed by atoms with Gasteiger partial charge in [-0.15, -0.1) is 0 Å². The Morgan fingerprint density at radius 3 is 2.70 bits per heavy atom. The first-order valence-electron chi connectivity index (χ1n) is 7.15. The summed E-state index contributed by atoms with van der Waals surface area (Å²) in [4.78, 5) is 14.3. The number of nitrogens with zero attached hydrogens (tertiary/aromatic N) is 2. The van der Waals surface area contributed by atoms with Gasteiger partial charge in [0.15, 0.2) is 0 Å². The molecule has 4 nitrogen and oxygen atoms in total. The number of carbonyl (C=O) groups excluding carboxylic acids is 1. The molecule has 1 aromatic carbocycles. The molecule has 0 heterocycles. The van der Waals surface area contributed by atoms with Gasteiger partial charge in [0.1, 0.15) is 0 Å². The summed E-state index contributed by atoms with van der Waals surface area (Å²) in [5, 5.41) is 12.2. The molecule has 0 saturated heterocycles. The van der Waals surface area contributed by atoms with Crippen molar-refractivity contribution < 1.29 is 4.79 Å². The van der Waals surface area contributed by atoms with Crippen LogP contribution in [0.2, 0.25) is 0 Å². The number of carbonyl (C=O) groups is 1. The van der Waals surface area contributed by atoms with Crippen LogP contribution < -0.4 is 5.32 Å². The molecule has 20 heavy (non-hydrogen) atoms. The first-order chi connectivity index (χ1) is 9.63. The van der Waals surface area contributed by atoms with Gasteiger partial charge in [0.25, 0.3) is 5.91 Å². The highest BCUT2D eigenvalue weighted by Crippen LogP contribution is 2.18. The summed E-state index contributed by atoms with van der Waals surface area (Å²) < 4.78 is 0. The highest BCUT2D eigenvalue weighted by Gasteiger charge is 2.19. The van der Waals surface area contributed by atoms with Gasteiger partial charge in [-0.25, -0.2) is 0 Å². The Bertz CT molecular complexity index is 479. The van der Waals surface area contributed by atoms with Crippen molar-refractivity contribution in [2.75, 3.05) is 25.0 Å². The number of amides is 1. The SMILES string of the molecule is CCCNc1ccccc1C(=O)N(CC)CC(C)C#N. The standard InChI is InChI=1S/C16H23N3O/c1-4-10-18-15-9-7-6-8-14(15)16(20)19(5-2)12-13(3)11-17/h6-9,13,18H,4-5,10,12H2,1-3H3. The Labute approximate surface area is 121 Å². The van der Waals surface area contributed by atoms with Gasteiger partial charge >= 0.3 is 0 Å². The van der Waals surface area contributed by atoms with E-state index in [4.69, 9.17) is 5.26 Å². The normalized spacial score (nSPS) is 11.5. The van der Waals surface area contributed by atoms with Crippen molar-refractivity contribution in [1.29, 1.82) is 5.26 Å². The lowest BCUT2D eigenvalue weighted by atomic mass is 10.1. The van der Waals surface area contributed by atoms with Crippen molar-refractivity contribution >= 4 is 11.6 Å². The maximum atomic E-state index is 12.6. The van der Waals surface area contributed by atoms with Crippen LogP contribution in [0.1, 0.15) is 37.6 Å². The molecule has 1 rings (SSSR count). The third-order valence-corrected chi connectivity index (χ3v) is 3.11. The van der Waals surface area contributed by atoms with Crippen molar-refractivity contribution in [3.05, 3.63) is 29.8 Å². The van der Waals surface area contributed by atoms with Gasteiger partial charge < -0.3 is 10.2 Å². The van der Waals surface area contributed by atoms with Gasteiger partial charge in [-0.3, -0.25) is 4.79 Å². The maximum Gasteiger partial charge on any atom is 0.255 e. The zero-order chi connectivity index (χ0) is 15.0. The third kappa shape index (κ3) is 4.27. The van der Waals surface area contributed by atoms with Crippen molar-refractivity contribution in [3.63, 3.8) is 0 Å². The molecule has 0 aliphatic heterocycles. The number of hydrogen-bond acceptors (Lipinski definition) is 3. The van der Waals surface area contributed by atoms with E-state index < -0.39 is 0 Å². The van der Waals surface area contributed by atoms with Gasteiger partial charge in [0, 0.05) is 25.3 Å². The summed E-state index contributed by atoms with van der Waals surface area (Å²) in [5.74, 6) is -0.177. The number of para-hydroxylation sites is 1. The van der Waals surface area contributed by atoms with Crippen LogP contribution in [0.25, 0.3) is 0 Å². The molecule has 0 saturated carbocycles. The average Bonchev–Trinajstić information content (AvgIpc) is 2.49. The molecule has 108 valence electrons. The lowest BCUT2D eigenvalue weighted by molar-refractivity contribution is 0.0753. The summed E-state index contributed by atoms with van der Waals surface area (Å²) in [6, 6.07) is 9.72. The second-order valence-electron chi connectivity index (χ2n) is 4.85. The molecule has 1 N–H and O–H groups in total. The molecule has 4 heteroatoms. The van der Waals surface area contributed by atoms with Crippen LogP contribution in [0.15, 0.2) is 24.3 Å². The first kappa shape index (κ1) is 16.0. The summed E-state index contributed by atoms with van der Waals surface area (Å²) in [5.41, 5.74) is 1.54. The van der Waals surface area contributed by atoms with E-state index in [1.807, 2.05) is 38.1 Å². The number of benzene rings is 1. The van der Waals surface area contributed by atoms with Crippen LogP contribution in [0.3, 0.4) is 0 Å². The number of nitrogens with one attached hydrogen (secondary N) is 1. The number of hydrogen-bond donors (Lipinski definition) is 1. The third-order valence-electron chi connectivity index (χ3n) is 3.11. The molecule has 0 aliphatic rings. The highest BCUT2D eigenvalue weighted by molar-refractivity contribution is 5.99. The van der Waals surface area contributed by atoms with E-state index >= 15 is 0 Å². The molecular formula is C16H23N3O. The molecular weight excluding hydrogens is 250 g/mol. The molecule has 0 radical (unpaired) electrons. The summed E-state index contributed by atoms with van der Waals surface area (Å²) in [6.07, 6.45) is 1.01. The summed E-state index contributed by atoms with van der Waals surface area (Å²) in [7, 11) is 0. The van der Waals surface area contributed by atoms with Gasteiger partial charge in [-0.05, 0) is 32.4 Å². The lowest BCUT2D eigenvalue weighted by Gasteiger charge is -2.23. The van der Waals surface area contributed by atoms with E-state index in [1.54, 1.807) is 4.90 Å². The Hall–Kier alpha value is -2.02. The Morgan fingerprint density at radius 1 is 1.40 bits per heavy atom. The van der Waals surface area contributed by atoms with Crippen LogP contribution in [0, 0.1) is 17.2 Å². The quantitative estimate of drug-likeness (QED) is 0.830. The predicted octanol–water partition coefficient (Wildman–Crippen LogP) is 3.13. The fourth-order valence-electron chi connectivity index (χ4n) is 1.98. The van der Waals surface area contributed by atoms with Crippen LogP contribution in [-0.2, 0) is 0 Å². The van der Waals surface area contributed by atoms with E-state index in [0.717, 1.165) is 18.7 Å². The Balaban J connectivity index is 2.92. The fourth-order valence-corrected chi connectivity index (χ4v) is 1.98. The van der Waals surface area contributed by atoms with Gasteiger partial charge in [-0.2, -0.15) is 5.26 Å². The minimum atomic E-state index is -0.158. The lowest BCUT2D eigenvalue weighted by Crippen LogP contribution is -2.34. The van der Waals surface area contributed by atoms with E-state index in [9.17, 15) is 4.79 Å². The summed E-state index contributed by atoms with van der Waals surface area (Å²) in [6.45, 7) is 7.76. The Kier molecular flexibility index (Phi) is 6.58. The molecule has 1 aromatic rings. The fraction of sp³-hybridized carbons (Fsp3) is 0.500. The van der Waals surface area contributed by atoms with E-state index in [0.29, 0.717) is 18.7 Å². The number of anilines is 1.